The normalized spacial score (nSPS) is 9.93. The highest BCUT2D eigenvalue weighted by Gasteiger charge is 2.16. The van der Waals surface area contributed by atoms with E-state index in [0.29, 0.717) is 5.69 Å². The van der Waals surface area contributed by atoms with Crippen molar-refractivity contribution in [3.63, 3.8) is 0 Å². The summed E-state index contributed by atoms with van der Waals surface area (Å²) in [6.45, 7) is 0. The maximum absolute atomic E-state index is 10.5. The van der Waals surface area contributed by atoms with Crippen molar-refractivity contribution < 1.29 is 4.92 Å². The molecule has 0 spiro atoms. The Labute approximate surface area is 85.2 Å². The molecule has 14 heavy (non-hydrogen) atoms. The number of rotatable bonds is 2. The number of hydrogen-bond donors (Lipinski definition) is 2. The Bertz CT molecular complexity index is 380. The molecule has 0 unspecified atom stereocenters. The molecule has 0 aliphatic heterocycles. The van der Waals surface area contributed by atoms with E-state index in [1.807, 2.05) is 0 Å². The quantitative estimate of drug-likeness (QED) is 0.334. The standard InChI is InChI=1S/C7H9ClN4O2/c1-11(10)7-2-4(8)6(12(13)14)3-5(7)9/h2-3H,9-10H2,1H3. The SMILES string of the molecule is CN(N)c1cc(Cl)c([N+](=O)[O-])cc1N. The molecular weight excluding hydrogens is 208 g/mol. The Kier molecular flexibility index (Phi) is 2.78. The van der Waals surface area contributed by atoms with Gasteiger partial charge in [-0.3, -0.25) is 10.1 Å². The van der Waals surface area contributed by atoms with Crippen LogP contribution in [0.4, 0.5) is 17.1 Å². The molecule has 0 fully saturated rings. The zero-order valence-corrected chi connectivity index (χ0v) is 8.15. The van der Waals surface area contributed by atoms with Crippen molar-refractivity contribution in [1.82, 2.24) is 0 Å². The minimum atomic E-state index is -0.598. The van der Waals surface area contributed by atoms with Crippen molar-refractivity contribution in [1.29, 1.82) is 0 Å². The summed E-state index contributed by atoms with van der Waals surface area (Å²) in [7, 11) is 1.56. The molecular formula is C7H9ClN4O2. The fourth-order valence-corrected chi connectivity index (χ4v) is 1.24. The molecule has 0 saturated heterocycles. The number of halogens is 1. The van der Waals surface area contributed by atoms with Crippen LogP contribution in [0.2, 0.25) is 5.02 Å². The lowest BCUT2D eigenvalue weighted by Crippen LogP contribution is -2.26. The maximum atomic E-state index is 10.5. The average molecular weight is 217 g/mol. The van der Waals surface area contributed by atoms with E-state index in [9.17, 15) is 10.1 Å². The van der Waals surface area contributed by atoms with Crippen LogP contribution in [0.3, 0.4) is 0 Å². The smallest absolute Gasteiger partial charge is 0.290 e. The van der Waals surface area contributed by atoms with Crippen LogP contribution >= 0.6 is 11.6 Å². The molecule has 0 saturated carbocycles. The molecule has 0 radical (unpaired) electrons. The zero-order chi connectivity index (χ0) is 10.9. The van der Waals surface area contributed by atoms with Crippen LogP contribution < -0.4 is 16.6 Å². The van der Waals surface area contributed by atoms with Gasteiger partial charge < -0.3 is 10.7 Å². The lowest BCUT2D eigenvalue weighted by Gasteiger charge is -2.14. The number of nitrogens with zero attached hydrogens (tertiary/aromatic N) is 2. The van der Waals surface area contributed by atoms with Gasteiger partial charge in [0.05, 0.1) is 16.3 Å². The van der Waals surface area contributed by atoms with Crippen molar-refractivity contribution in [2.75, 3.05) is 17.8 Å². The summed E-state index contributed by atoms with van der Waals surface area (Å²) in [4.78, 5) is 9.88. The van der Waals surface area contributed by atoms with Crippen LogP contribution in [-0.4, -0.2) is 12.0 Å². The first-order valence-corrected chi connectivity index (χ1v) is 4.03. The first kappa shape index (κ1) is 10.6. The fraction of sp³-hybridized carbons (Fsp3) is 0.143. The number of nitro benzene ring substituents is 1. The third kappa shape index (κ3) is 1.86. The summed E-state index contributed by atoms with van der Waals surface area (Å²) in [5, 5.41) is 11.7. The van der Waals surface area contributed by atoms with Gasteiger partial charge in [-0.25, -0.2) is 5.84 Å². The number of nitrogens with two attached hydrogens (primary N) is 2. The van der Waals surface area contributed by atoms with Crippen LogP contribution in [0.1, 0.15) is 0 Å². The summed E-state index contributed by atoms with van der Waals surface area (Å²) in [5.41, 5.74) is 5.98. The second-order valence-corrected chi connectivity index (χ2v) is 3.14. The van der Waals surface area contributed by atoms with Crippen LogP contribution in [0.15, 0.2) is 12.1 Å². The predicted molar refractivity (Wildman–Crippen MR) is 55.1 cm³/mol. The molecule has 1 aromatic carbocycles. The molecule has 0 bridgehead atoms. The van der Waals surface area contributed by atoms with Gasteiger partial charge >= 0.3 is 0 Å². The van der Waals surface area contributed by atoms with Crippen LogP contribution in [-0.2, 0) is 0 Å². The predicted octanol–water partition coefficient (Wildman–Crippen LogP) is 1.14. The van der Waals surface area contributed by atoms with E-state index in [-0.39, 0.29) is 16.4 Å². The molecule has 1 aromatic rings. The summed E-state index contributed by atoms with van der Waals surface area (Å²) >= 11 is 5.66. The van der Waals surface area contributed by atoms with Gasteiger partial charge in [-0.15, -0.1) is 0 Å². The topological polar surface area (TPSA) is 98.4 Å². The number of nitrogen functional groups attached to an aromatic ring is 1. The molecule has 76 valence electrons. The van der Waals surface area contributed by atoms with Gasteiger partial charge in [0, 0.05) is 13.1 Å². The monoisotopic (exact) mass is 216 g/mol. The average Bonchev–Trinajstić information content (AvgIpc) is 2.07. The second-order valence-electron chi connectivity index (χ2n) is 2.73. The maximum Gasteiger partial charge on any atom is 0.290 e. The van der Waals surface area contributed by atoms with Crippen LogP contribution in [0.25, 0.3) is 0 Å². The summed E-state index contributed by atoms with van der Waals surface area (Å²) < 4.78 is 0. The van der Waals surface area contributed by atoms with E-state index < -0.39 is 4.92 Å². The van der Waals surface area contributed by atoms with Gasteiger partial charge in [0.25, 0.3) is 5.69 Å². The molecule has 0 heterocycles. The molecule has 4 N–H and O–H groups in total. The van der Waals surface area contributed by atoms with E-state index in [2.05, 4.69) is 0 Å². The zero-order valence-electron chi connectivity index (χ0n) is 7.40. The molecule has 0 amide bonds. The Hall–Kier alpha value is -1.53. The number of hydrazine groups is 1. The first-order chi connectivity index (χ1) is 6.43. The third-order valence-corrected chi connectivity index (χ3v) is 1.98. The van der Waals surface area contributed by atoms with E-state index in [1.54, 1.807) is 7.05 Å². The van der Waals surface area contributed by atoms with Crippen LogP contribution in [0, 0.1) is 10.1 Å². The highest BCUT2D eigenvalue weighted by Crippen LogP contribution is 2.33. The number of hydrogen-bond acceptors (Lipinski definition) is 5. The first-order valence-electron chi connectivity index (χ1n) is 3.65. The van der Waals surface area contributed by atoms with E-state index >= 15 is 0 Å². The second kappa shape index (κ2) is 3.69. The van der Waals surface area contributed by atoms with E-state index in [0.717, 1.165) is 0 Å². The van der Waals surface area contributed by atoms with Gasteiger partial charge in [-0.05, 0) is 6.07 Å². The molecule has 0 atom stereocenters. The minimum absolute atomic E-state index is 0.0106. The van der Waals surface area contributed by atoms with Gasteiger partial charge in [0.15, 0.2) is 0 Å². The molecule has 7 heteroatoms. The van der Waals surface area contributed by atoms with Gasteiger partial charge in [-0.1, -0.05) is 11.6 Å². The summed E-state index contributed by atoms with van der Waals surface area (Å²) in [6.07, 6.45) is 0. The Balaban J connectivity index is 3.31. The largest absolute Gasteiger partial charge is 0.397 e. The summed E-state index contributed by atoms with van der Waals surface area (Å²) in [5.74, 6) is 5.43. The fourth-order valence-electron chi connectivity index (χ4n) is 1.01. The van der Waals surface area contributed by atoms with Gasteiger partial charge in [-0.2, -0.15) is 0 Å². The number of nitro groups is 1. The summed E-state index contributed by atoms with van der Waals surface area (Å²) in [6, 6.07) is 2.54. The van der Waals surface area contributed by atoms with Crippen molar-refractivity contribution >= 4 is 28.7 Å². The highest BCUT2D eigenvalue weighted by molar-refractivity contribution is 6.33. The van der Waals surface area contributed by atoms with Gasteiger partial charge in [0.2, 0.25) is 0 Å². The van der Waals surface area contributed by atoms with Crippen molar-refractivity contribution in [3.05, 3.63) is 27.3 Å². The minimum Gasteiger partial charge on any atom is -0.397 e. The molecule has 0 aliphatic rings. The Morgan fingerprint density at radius 3 is 2.57 bits per heavy atom. The molecule has 0 aliphatic carbocycles. The van der Waals surface area contributed by atoms with Crippen molar-refractivity contribution in [2.24, 2.45) is 5.84 Å². The van der Waals surface area contributed by atoms with Crippen molar-refractivity contribution in [3.8, 4) is 0 Å². The van der Waals surface area contributed by atoms with E-state index in [1.165, 1.54) is 17.1 Å². The molecule has 1 rings (SSSR count). The van der Waals surface area contributed by atoms with Gasteiger partial charge in [0.1, 0.15) is 5.02 Å². The number of anilines is 2. The molecule has 6 nitrogen and oxygen atoms in total. The lowest BCUT2D eigenvalue weighted by atomic mass is 10.2. The number of benzene rings is 1. The Morgan fingerprint density at radius 2 is 2.14 bits per heavy atom. The molecule has 0 aromatic heterocycles. The lowest BCUT2D eigenvalue weighted by molar-refractivity contribution is -0.384. The highest BCUT2D eigenvalue weighted by atomic mass is 35.5. The van der Waals surface area contributed by atoms with E-state index in [4.69, 9.17) is 23.2 Å². The Morgan fingerprint density at radius 1 is 1.57 bits per heavy atom. The van der Waals surface area contributed by atoms with Crippen LogP contribution in [0.5, 0.6) is 0 Å². The third-order valence-electron chi connectivity index (χ3n) is 1.67. The van der Waals surface area contributed by atoms with Crippen molar-refractivity contribution in [2.45, 2.75) is 0 Å².